The number of rotatable bonds is 2. The first-order chi connectivity index (χ1) is 12.0. The molecule has 0 amide bonds. The van der Waals surface area contributed by atoms with Crippen molar-refractivity contribution in [1.82, 2.24) is 4.98 Å². The number of benzene rings is 2. The molecule has 0 aliphatic rings. The Morgan fingerprint density at radius 3 is 2.68 bits per heavy atom. The van der Waals surface area contributed by atoms with Crippen molar-refractivity contribution in [2.45, 2.75) is 6.92 Å². The van der Waals surface area contributed by atoms with Gasteiger partial charge in [-0.1, -0.05) is 12.1 Å². The van der Waals surface area contributed by atoms with E-state index in [-0.39, 0.29) is 22.3 Å². The molecule has 2 aromatic heterocycles. The van der Waals surface area contributed by atoms with Gasteiger partial charge in [0.2, 0.25) is 11.2 Å². The second-order valence-electron chi connectivity index (χ2n) is 5.51. The highest BCUT2D eigenvalue weighted by atomic mass is 32.1. The fraction of sp³-hybridized carbons (Fsp3) is 0.0556. The highest BCUT2D eigenvalue weighted by molar-refractivity contribution is 7.21. The largest absolute Gasteiger partial charge is 0.508 e. The van der Waals surface area contributed by atoms with Crippen molar-refractivity contribution < 1.29 is 19.4 Å². The summed E-state index contributed by atoms with van der Waals surface area (Å²) in [5, 5.41) is 19.8. The molecule has 0 aliphatic carbocycles. The Kier molecular flexibility index (Phi) is 3.33. The first kappa shape index (κ1) is 15.3. The van der Waals surface area contributed by atoms with E-state index in [1.807, 2.05) is 18.2 Å². The average molecular weight is 353 g/mol. The number of phenolic OH excluding ortho intramolecular Hbond substituents is 1. The van der Waals surface area contributed by atoms with E-state index in [1.165, 1.54) is 23.5 Å². The first-order valence-corrected chi connectivity index (χ1v) is 8.17. The van der Waals surface area contributed by atoms with E-state index >= 15 is 0 Å². The Morgan fingerprint density at radius 2 is 1.96 bits per heavy atom. The number of para-hydroxylation sites is 1. The number of thiazole rings is 1. The molecule has 0 saturated carbocycles. The molecule has 0 saturated heterocycles. The number of aromatic carboxylic acids is 1. The van der Waals surface area contributed by atoms with Crippen LogP contribution in [0.3, 0.4) is 0 Å². The SMILES string of the molecule is Cc1c(O)ccc2c(=O)c(-c3nc4ccccc4s3)c(C(=O)O)oc12. The van der Waals surface area contributed by atoms with Crippen molar-refractivity contribution in [3.8, 4) is 16.3 Å². The predicted molar refractivity (Wildman–Crippen MR) is 94.5 cm³/mol. The van der Waals surface area contributed by atoms with Gasteiger partial charge in [0.15, 0.2) is 0 Å². The molecule has 124 valence electrons. The standard InChI is InChI=1S/C18H11NO5S/c1-8-11(20)7-6-9-14(21)13(16(18(22)23)24-15(8)9)17-19-10-4-2-3-5-12(10)25-17/h2-7,20H,1H3,(H,22,23). The summed E-state index contributed by atoms with van der Waals surface area (Å²) in [5.74, 6) is -1.92. The molecule has 6 nitrogen and oxygen atoms in total. The molecular weight excluding hydrogens is 342 g/mol. The van der Waals surface area contributed by atoms with Gasteiger partial charge in [-0.05, 0) is 31.2 Å². The molecule has 0 unspecified atom stereocenters. The van der Waals surface area contributed by atoms with Crippen LogP contribution in [0.2, 0.25) is 0 Å². The smallest absolute Gasteiger partial charge is 0.372 e. The molecule has 2 N–H and O–H groups in total. The van der Waals surface area contributed by atoms with Crippen LogP contribution >= 0.6 is 11.3 Å². The Labute approximate surface area is 144 Å². The molecule has 7 heteroatoms. The van der Waals surface area contributed by atoms with Crippen LogP contribution < -0.4 is 5.43 Å². The number of nitrogens with zero attached hydrogens (tertiary/aromatic N) is 1. The molecule has 0 radical (unpaired) electrons. The van der Waals surface area contributed by atoms with Gasteiger partial charge in [-0.15, -0.1) is 11.3 Å². The van der Waals surface area contributed by atoms with E-state index < -0.39 is 17.2 Å². The molecule has 0 bridgehead atoms. The molecular formula is C18H11NO5S. The maximum atomic E-state index is 13.0. The van der Waals surface area contributed by atoms with E-state index in [0.29, 0.717) is 16.1 Å². The van der Waals surface area contributed by atoms with E-state index in [4.69, 9.17) is 4.42 Å². The molecule has 25 heavy (non-hydrogen) atoms. The Bertz CT molecular complexity index is 1190. The summed E-state index contributed by atoms with van der Waals surface area (Å²) in [6.45, 7) is 1.56. The fourth-order valence-electron chi connectivity index (χ4n) is 2.71. The normalized spacial score (nSPS) is 11.2. The van der Waals surface area contributed by atoms with Crippen LogP contribution in [0.5, 0.6) is 5.75 Å². The summed E-state index contributed by atoms with van der Waals surface area (Å²) >= 11 is 1.23. The minimum Gasteiger partial charge on any atom is -0.508 e. The van der Waals surface area contributed by atoms with Gasteiger partial charge in [0.25, 0.3) is 0 Å². The molecule has 0 fully saturated rings. The molecule has 2 aromatic carbocycles. The highest BCUT2D eigenvalue weighted by Crippen LogP contribution is 2.33. The van der Waals surface area contributed by atoms with Gasteiger partial charge in [-0.3, -0.25) is 4.79 Å². The Balaban J connectivity index is 2.14. The zero-order valence-corrected chi connectivity index (χ0v) is 13.8. The van der Waals surface area contributed by atoms with E-state index in [9.17, 15) is 19.8 Å². The van der Waals surface area contributed by atoms with Gasteiger partial charge in [0.05, 0.1) is 15.6 Å². The summed E-state index contributed by atoms with van der Waals surface area (Å²) < 4.78 is 6.35. The average Bonchev–Trinajstić information content (AvgIpc) is 3.01. The maximum Gasteiger partial charge on any atom is 0.372 e. The van der Waals surface area contributed by atoms with Crippen LogP contribution in [0.25, 0.3) is 31.8 Å². The lowest BCUT2D eigenvalue weighted by molar-refractivity contribution is 0.0664. The lowest BCUT2D eigenvalue weighted by atomic mass is 10.1. The molecule has 0 atom stereocenters. The Morgan fingerprint density at radius 1 is 1.20 bits per heavy atom. The molecule has 0 spiro atoms. The molecule has 0 aliphatic heterocycles. The third-order valence-electron chi connectivity index (χ3n) is 3.98. The molecule has 2 heterocycles. The number of aryl methyl sites for hydroxylation is 1. The van der Waals surface area contributed by atoms with Crippen molar-refractivity contribution in [3.05, 3.63) is 57.9 Å². The zero-order chi connectivity index (χ0) is 17.7. The summed E-state index contributed by atoms with van der Waals surface area (Å²) in [4.78, 5) is 29.0. The van der Waals surface area contributed by atoms with Crippen molar-refractivity contribution >= 4 is 38.5 Å². The summed E-state index contributed by atoms with van der Waals surface area (Å²) in [6.07, 6.45) is 0. The van der Waals surface area contributed by atoms with Crippen LogP contribution in [0, 0.1) is 6.92 Å². The number of hydrogen-bond donors (Lipinski definition) is 2. The van der Waals surface area contributed by atoms with Crippen LogP contribution in [0.1, 0.15) is 16.1 Å². The maximum absolute atomic E-state index is 13.0. The number of aromatic hydroxyl groups is 1. The van der Waals surface area contributed by atoms with Gasteiger partial charge < -0.3 is 14.6 Å². The monoisotopic (exact) mass is 353 g/mol. The molecule has 4 rings (SSSR count). The number of carboxylic acids is 1. The second kappa shape index (κ2) is 5.42. The van der Waals surface area contributed by atoms with E-state index in [1.54, 1.807) is 13.0 Å². The molecule has 4 aromatic rings. The number of aromatic nitrogens is 1. The number of carbonyl (C=O) groups is 1. The van der Waals surface area contributed by atoms with E-state index in [0.717, 1.165) is 4.70 Å². The van der Waals surface area contributed by atoms with Gasteiger partial charge in [-0.25, -0.2) is 9.78 Å². The number of fused-ring (bicyclic) bond motifs is 2. The second-order valence-corrected chi connectivity index (χ2v) is 6.54. The number of hydrogen-bond acceptors (Lipinski definition) is 6. The predicted octanol–water partition coefficient (Wildman–Crippen LogP) is 3.78. The summed E-state index contributed by atoms with van der Waals surface area (Å²) in [7, 11) is 0. The van der Waals surface area contributed by atoms with Gasteiger partial charge in [-0.2, -0.15) is 0 Å². The number of carboxylic acid groups (broad SMARTS) is 1. The first-order valence-electron chi connectivity index (χ1n) is 7.36. The summed E-state index contributed by atoms with van der Waals surface area (Å²) in [6, 6.07) is 10.1. The topological polar surface area (TPSA) is 101 Å². The third kappa shape index (κ3) is 2.28. The minimum atomic E-state index is -1.36. The van der Waals surface area contributed by atoms with Gasteiger partial charge >= 0.3 is 5.97 Å². The van der Waals surface area contributed by atoms with Crippen molar-refractivity contribution in [2.75, 3.05) is 0 Å². The van der Waals surface area contributed by atoms with Crippen LogP contribution in [0.15, 0.2) is 45.6 Å². The van der Waals surface area contributed by atoms with Crippen LogP contribution in [0.4, 0.5) is 0 Å². The lowest BCUT2D eigenvalue weighted by Crippen LogP contribution is -2.13. The zero-order valence-electron chi connectivity index (χ0n) is 12.9. The fourth-order valence-corrected chi connectivity index (χ4v) is 3.71. The van der Waals surface area contributed by atoms with Gasteiger partial charge in [0.1, 0.15) is 21.9 Å². The van der Waals surface area contributed by atoms with Crippen molar-refractivity contribution in [2.24, 2.45) is 0 Å². The van der Waals surface area contributed by atoms with Gasteiger partial charge in [0, 0.05) is 5.56 Å². The third-order valence-corrected chi connectivity index (χ3v) is 5.04. The van der Waals surface area contributed by atoms with Crippen LogP contribution in [-0.2, 0) is 0 Å². The van der Waals surface area contributed by atoms with Crippen molar-refractivity contribution in [1.29, 1.82) is 0 Å². The quantitative estimate of drug-likeness (QED) is 0.569. The number of phenols is 1. The van der Waals surface area contributed by atoms with Crippen LogP contribution in [-0.4, -0.2) is 21.2 Å². The Hall–Kier alpha value is -3.19. The minimum absolute atomic E-state index is 0.0623. The van der Waals surface area contributed by atoms with Crippen molar-refractivity contribution in [3.63, 3.8) is 0 Å². The lowest BCUT2D eigenvalue weighted by Gasteiger charge is -2.07. The summed E-state index contributed by atoms with van der Waals surface area (Å²) in [5.41, 5.74) is 0.493. The highest BCUT2D eigenvalue weighted by Gasteiger charge is 2.25. The van der Waals surface area contributed by atoms with E-state index in [2.05, 4.69) is 4.98 Å².